The van der Waals surface area contributed by atoms with E-state index < -0.39 is 17.3 Å². The Morgan fingerprint density at radius 1 is 1.57 bits per heavy atom. The fourth-order valence-corrected chi connectivity index (χ4v) is 1.24. The van der Waals surface area contributed by atoms with Crippen LogP contribution in [0.5, 0.6) is 0 Å². The maximum absolute atomic E-state index is 10.6. The molecule has 1 aromatic carbocycles. The predicted molar refractivity (Wildman–Crippen MR) is 49.9 cm³/mol. The Morgan fingerprint density at radius 3 is 2.79 bits per heavy atom. The summed E-state index contributed by atoms with van der Waals surface area (Å²) in [4.78, 5) is 10.0. The molecule has 14 heavy (non-hydrogen) atoms. The van der Waals surface area contributed by atoms with Crippen LogP contribution in [-0.4, -0.2) is 16.8 Å². The maximum Gasteiger partial charge on any atom is 0.276 e. The number of rotatable bonds is 4. The molecular formula is C8H8ClNO4. The normalized spacial score (nSPS) is 12.4. The van der Waals surface area contributed by atoms with E-state index >= 15 is 0 Å². The Kier molecular flexibility index (Phi) is 3.82. The van der Waals surface area contributed by atoms with Crippen molar-refractivity contribution >= 4 is 17.3 Å². The fraction of sp³-hybridized carbons (Fsp3) is 0.250. The van der Waals surface area contributed by atoms with Gasteiger partial charge in [0.15, 0.2) is 5.56 Å². The zero-order valence-corrected chi connectivity index (χ0v) is 7.85. The third kappa shape index (κ3) is 2.41. The summed E-state index contributed by atoms with van der Waals surface area (Å²) in [6.07, 6.45) is 0. The number of halogens is 1. The number of nitrogens with zero attached hydrogens (tertiary/aromatic N) is 1. The lowest BCUT2D eigenvalue weighted by Gasteiger charge is -2.08. The van der Waals surface area contributed by atoms with Crippen LogP contribution in [0.1, 0.15) is 11.1 Å². The van der Waals surface area contributed by atoms with E-state index in [-0.39, 0.29) is 11.3 Å². The minimum absolute atomic E-state index is 0.124. The average molecular weight is 218 g/mol. The third-order valence-electron chi connectivity index (χ3n) is 1.60. The van der Waals surface area contributed by atoms with Gasteiger partial charge in [-0.15, -0.1) is 0 Å². The van der Waals surface area contributed by atoms with Crippen molar-refractivity contribution in [3.05, 3.63) is 39.9 Å². The molecule has 0 aromatic heterocycles. The van der Waals surface area contributed by atoms with Crippen LogP contribution >= 0.6 is 11.6 Å². The number of nitro benzene ring substituents is 1. The molecule has 5 nitrogen and oxygen atoms in total. The Bertz CT molecular complexity index is 331. The van der Waals surface area contributed by atoms with Gasteiger partial charge in [-0.2, -0.15) is 0 Å². The van der Waals surface area contributed by atoms with Gasteiger partial charge < -0.3 is 9.84 Å². The Hall–Kier alpha value is -1.17. The predicted octanol–water partition coefficient (Wildman–Crippen LogP) is 1.80. The van der Waals surface area contributed by atoms with Gasteiger partial charge in [-0.1, -0.05) is 23.7 Å². The van der Waals surface area contributed by atoms with Crippen molar-refractivity contribution in [2.24, 2.45) is 0 Å². The third-order valence-corrected chi connectivity index (χ3v) is 1.96. The van der Waals surface area contributed by atoms with Gasteiger partial charge >= 0.3 is 0 Å². The number of aliphatic hydroxyl groups excluding tert-OH is 1. The second-order valence-electron chi connectivity index (χ2n) is 2.43. The average Bonchev–Trinajstić information content (AvgIpc) is 2.18. The van der Waals surface area contributed by atoms with Gasteiger partial charge in [0, 0.05) is 6.07 Å². The molecule has 6 heteroatoms. The minimum atomic E-state index is -1.01. The van der Waals surface area contributed by atoms with E-state index in [4.69, 9.17) is 16.7 Å². The number of benzene rings is 1. The molecule has 0 spiro atoms. The molecule has 0 radical (unpaired) electrons. The van der Waals surface area contributed by atoms with Crippen molar-refractivity contribution in [1.29, 1.82) is 0 Å². The van der Waals surface area contributed by atoms with Crippen molar-refractivity contribution in [3.8, 4) is 0 Å². The zero-order valence-electron chi connectivity index (χ0n) is 7.09. The molecule has 1 unspecified atom stereocenters. The monoisotopic (exact) mass is 217 g/mol. The van der Waals surface area contributed by atoms with Crippen molar-refractivity contribution in [3.63, 3.8) is 0 Å². The highest BCUT2D eigenvalue weighted by molar-refractivity contribution is 6.20. The molecular weight excluding hydrogens is 210 g/mol. The number of hydrogen-bond acceptors (Lipinski definition) is 4. The lowest BCUT2D eigenvalue weighted by Crippen LogP contribution is -2.02. The summed E-state index contributed by atoms with van der Waals surface area (Å²) in [5.41, 5.74) is -0.907. The smallest absolute Gasteiger partial charge is 0.276 e. The molecule has 0 saturated carbocycles. The molecule has 76 valence electrons. The van der Waals surface area contributed by atoms with E-state index in [0.717, 1.165) is 0 Å². The molecule has 0 heterocycles. The lowest BCUT2D eigenvalue weighted by atomic mass is 10.2. The summed E-state index contributed by atoms with van der Waals surface area (Å²) < 4.78 is 4.64. The Labute approximate surface area is 85.0 Å². The first-order chi connectivity index (χ1) is 6.66. The summed E-state index contributed by atoms with van der Waals surface area (Å²) >= 11 is 5.67. The summed E-state index contributed by atoms with van der Waals surface area (Å²) in [6.45, 7) is -0.583. The first-order valence-corrected chi connectivity index (χ1v) is 4.20. The van der Waals surface area contributed by atoms with Crippen molar-refractivity contribution in [2.75, 3.05) is 6.79 Å². The van der Waals surface area contributed by atoms with Gasteiger partial charge in [0.1, 0.15) is 6.79 Å². The maximum atomic E-state index is 10.6. The van der Waals surface area contributed by atoms with Gasteiger partial charge in [0.05, 0.1) is 10.5 Å². The van der Waals surface area contributed by atoms with Gasteiger partial charge in [0.2, 0.25) is 0 Å². The second-order valence-corrected chi connectivity index (χ2v) is 2.82. The van der Waals surface area contributed by atoms with Crippen LogP contribution in [0.25, 0.3) is 0 Å². The fourth-order valence-electron chi connectivity index (χ4n) is 1.00. The molecule has 0 aliphatic rings. The molecule has 0 fully saturated rings. The summed E-state index contributed by atoms with van der Waals surface area (Å²) in [7, 11) is 0. The molecule has 1 N–H and O–H groups in total. The second kappa shape index (κ2) is 4.90. The number of ether oxygens (including phenoxy) is 1. The Morgan fingerprint density at radius 2 is 2.21 bits per heavy atom. The molecule has 1 aromatic rings. The van der Waals surface area contributed by atoms with Crippen LogP contribution in [0.4, 0.5) is 5.69 Å². The van der Waals surface area contributed by atoms with Crippen LogP contribution < -0.4 is 0 Å². The van der Waals surface area contributed by atoms with Crippen molar-refractivity contribution in [2.45, 2.75) is 5.56 Å². The molecule has 0 saturated heterocycles. The van der Waals surface area contributed by atoms with Crippen LogP contribution in [0, 0.1) is 10.1 Å². The van der Waals surface area contributed by atoms with E-state index in [9.17, 15) is 10.1 Å². The topological polar surface area (TPSA) is 72.6 Å². The molecule has 1 rings (SSSR count). The number of aliphatic hydroxyl groups is 1. The molecule has 0 bridgehead atoms. The number of para-hydroxylation sites is 1. The molecule has 0 aliphatic carbocycles. The minimum Gasteiger partial charge on any atom is -0.371 e. The first-order valence-electron chi connectivity index (χ1n) is 3.76. The SMILES string of the molecule is O=[N+]([O-])c1ccccc1C(Cl)OCO. The molecule has 0 amide bonds. The van der Waals surface area contributed by atoms with Crippen LogP contribution in [0.2, 0.25) is 0 Å². The van der Waals surface area contributed by atoms with E-state index in [1.54, 1.807) is 6.07 Å². The van der Waals surface area contributed by atoms with Gasteiger partial charge in [0.25, 0.3) is 5.69 Å². The van der Waals surface area contributed by atoms with E-state index in [1.807, 2.05) is 0 Å². The highest BCUT2D eigenvalue weighted by Crippen LogP contribution is 2.29. The van der Waals surface area contributed by atoms with Crippen molar-refractivity contribution in [1.82, 2.24) is 0 Å². The van der Waals surface area contributed by atoms with Crippen LogP contribution in [0.15, 0.2) is 24.3 Å². The van der Waals surface area contributed by atoms with Crippen molar-refractivity contribution < 1.29 is 14.8 Å². The quantitative estimate of drug-likeness (QED) is 0.361. The number of alkyl halides is 1. The lowest BCUT2D eigenvalue weighted by molar-refractivity contribution is -0.386. The van der Waals surface area contributed by atoms with E-state index in [0.29, 0.717) is 0 Å². The van der Waals surface area contributed by atoms with Gasteiger partial charge in [-0.05, 0) is 6.07 Å². The zero-order chi connectivity index (χ0) is 10.6. The number of nitro groups is 1. The summed E-state index contributed by atoms with van der Waals surface area (Å²) in [6, 6.07) is 5.94. The highest BCUT2D eigenvalue weighted by atomic mass is 35.5. The van der Waals surface area contributed by atoms with Gasteiger partial charge in [-0.25, -0.2) is 0 Å². The Balaban J connectivity index is 3.00. The standard InChI is InChI=1S/C8H8ClNO4/c9-8(14-5-11)6-3-1-2-4-7(6)10(12)13/h1-4,8,11H,5H2. The first kappa shape index (κ1) is 10.9. The number of hydrogen-bond donors (Lipinski definition) is 1. The van der Waals surface area contributed by atoms with Gasteiger partial charge in [-0.3, -0.25) is 10.1 Å². The van der Waals surface area contributed by atoms with Crippen LogP contribution in [-0.2, 0) is 4.74 Å². The highest BCUT2D eigenvalue weighted by Gasteiger charge is 2.19. The van der Waals surface area contributed by atoms with Crippen LogP contribution in [0.3, 0.4) is 0 Å². The molecule has 1 atom stereocenters. The van der Waals surface area contributed by atoms with E-state index in [1.165, 1.54) is 18.2 Å². The van der Waals surface area contributed by atoms with E-state index in [2.05, 4.69) is 4.74 Å². The summed E-state index contributed by atoms with van der Waals surface area (Å²) in [5, 5.41) is 19.0. The summed E-state index contributed by atoms with van der Waals surface area (Å²) in [5.74, 6) is 0. The molecule has 0 aliphatic heterocycles. The largest absolute Gasteiger partial charge is 0.371 e.